The van der Waals surface area contributed by atoms with Crippen LogP contribution < -0.4 is 10.1 Å². The van der Waals surface area contributed by atoms with E-state index in [1.54, 1.807) is 7.11 Å². The van der Waals surface area contributed by atoms with Gasteiger partial charge in [0.05, 0.1) is 7.11 Å². The number of hydrogen-bond acceptors (Lipinski definition) is 2. The van der Waals surface area contributed by atoms with Crippen LogP contribution in [0.1, 0.15) is 19.4 Å². The highest BCUT2D eigenvalue weighted by atomic mass is 16.5. The summed E-state index contributed by atoms with van der Waals surface area (Å²) in [6, 6.07) is 8.79. The largest absolute Gasteiger partial charge is 0.497 e. The summed E-state index contributed by atoms with van der Waals surface area (Å²) >= 11 is 0. The van der Waals surface area contributed by atoms with E-state index in [0.717, 1.165) is 18.7 Å². The first-order valence-corrected chi connectivity index (χ1v) is 5.12. The summed E-state index contributed by atoms with van der Waals surface area (Å²) in [5, 5.41) is 3.39. The predicted molar refractivity (Wildman–Crippen MR) is 59.8 cm³/mol. The zero-order valence-corrected chi connectivity index (χ0v) is 9.21. The van der Waals surface area contributed by atoms with E-state index in [4.69, 9.17) is 4.74 Å². The Balaban J connectivity index is 2.50. The molecule has 0 unspecified atom stereocenters. The molecule has 0 fully saturated rings. The molecule has 1 aromatic rings. The summed E-state index contributed by atoms with van der Waals surface area (Å²) in [6.07, 6.45) is 1.07. The molecule has 0 aliphatic carbocycles. The maximum atomic E-state index is 5.11. The third-order valence-electron chi connectivity index (χ3n) is 2.25. The number of rotatable bonds is 5. The molecule has 2 heteroatoms. The Bertz CT molecular complexity index is 256. The smallest absolute Gasteiger partial charge is 0.118 e. The van der Waals surface area contributed by atoms with Crippen LogP contribution in [0.5, 0.6) is 5.75 Å². The normalized spacial score (nSPS) is 12.5. The third kappa shape index (κ3) is 3.38. The Morgan fingerprint density at radius 3 is 2.43 bits per heavy atom. The average Bonchev–Trinajstić information content (AvgIpc) is 2.19. The van der Waals surface area contributed by atoms with Crippen molar-refractivity contribution in [2.24, 2.45) is 0 Å². The average molecular weight is 193 g/mol. The van der Waals surface area contributed by atoms with Crippen molar-refractivity contribution in [2.45, 2.75) is 26.3 Å². The van der Waals surface area contributed by atoms with Gasteiger partial charge in [-0.15, -0.1) is 0 Å². The van der Waals surface area contributed by atoms with Gasteiger partial charge >= 0.3 is 0 Å². The van der Waals surface area contributed by atoms with E-state index in [2.05, 4.69) is 31.3 Å². The summed E-state index contributed by atoms with van der Waals surface area (Å²) in [4.78, 5) is 0. The fourth-order valence-electron chi connectivity index (χ4n) is 1.54. The molecule has 0 radical (unpaired) electrons. The number of ether oxygens (including phenoxy) is 1. The quantitative estimate of drug-likeness (QED) is 0.774. The molecule has 0 bridgehead atoms. The third-order valence-corrected chi connectivity index (χ3v) is 2.25. The fraction of sp³-hybridized carbons (Fsp3) is 0.500. The molecule has 0 heterocycles. The lowest BCUT2D eigenvalue weighted by Gasteiger charge is -2.12. The standard InChI is InChI=1S/C12H19NO/c1-4-13-10(2)9-11-5-7-12(14-3)8-6-11/h5-8,10,13H,4,9H2,1-3H3/t10-/m1/s1. The Labute approximate surface area is 86.3 Å². The minimum atomic E-state index is 0.536. The SMILES string of the molecule is CCN[C@H](C)Cc1ccc(OC)cc1. The fourth-order valence-corrected chi connectivity index (χ4v) is 1.54. The minimum absolute atomic E-state index is 0.536. The molecule has 1 rings (SSSR count). The van der Waals surface area contributed by atoms with Gasteiger partial charge in [0.25, 0.3) is 0 Å². The monoisotopic (exact) mass is 193 g/mol. The van der Waals surface area contributed by atoms with E-state index in [1.807, 2.05) is 12.1 Å². The van der Waals surface area contributed by atoms with Crippen molar-refractivity contribution >= 4 is 0 Å². The summed E-state index contributed by atoms with van der Waals surface area (Å²) in [5.41, 5.74) is 1.35. The molecular weight excluding hydrogens is 174 g/mol. The molecule has 0 aliphatic heterocycles. The molecule has 0 aliphatic rings. The van der Waals surface area contributed by atoms with Gasteiger partial charge in [0.15, 0.2) is 0 Å². The maximum Gasteiger partial charge on any atom is 0.118 e. The van der Waals surface area contributed by atoms with Gasteiger partial charge in [-0.05, 0) is 37.6 Å². The second kappa shape index (κ2) is 5.66. The van der Waals surface area contributed by atoms with Crippen LogP contribution in [0.2, 0.25) is 0 Å². The van der Waals surface area contributed by atoms with Gasteiger partial charge in [-0.3, -0.25) is 0 Å². The van der Waals surface area contributed by atoms with Gasteiger partial charge in [-0.1, -0.05) is 19.1 Å². The molecular formula is C12H19NO. The Kier molecular flexibility index (Phi) is 4.47. The highest BCUT2D eigenvalue weighted by Gasteiger charge is 2.01. The summed E-state index contributed by atoms with van der Waals surface area (Å²) in [6.45, 7) is 5.36. The van der Waals surface area contributed by atoms with Gasteiger partial charge < -0.3 is 10.1 Å². The van der Waals surface area contributed by atoms with Crippen LogP contribution in [0.25, 0.3) is 0 Å². The maximum absolute atomic E-state index is 5.11. The molecule has 0 aromatic heterocycles. The van der Waals surface area contributed by atoms with Crippen LogP contribution in [-0.2, 0) is 6.42 Å². The van der Waals surface area contributed by atoms with E-state index in [-0.39, 0.29) is 0 Å². The van der Waals surface area contributed by atoms with E-state index in [1.165, 1.54) is 5.56 Å². The van der Waals surface area contributed by atoms with Crippen LogP contribution in [0.3, 0.4) is 0 Å². The molecule has 1 aromatic carbocycles. The highest BCUT2D eigenvalue weighted by molar-refractivity contribution is 5.27. The lowest BCUT2D eigenvalue weighted by Crippen LogP contribution is -2.27. The first kappa shape index (κ1) is 11.1. The Morgan fingerprint density at radius 1 is 1.29 bits per heavy atom. The lowest BCUT2D eigenvalue weighted by molar-refractivity contribution is 0.414. The highest BCUT2D eigenvalue weighted by Crippen LogP contribution is 2.12. The van der Waals surface area contributed by atoms with Crippen molar-refractivity contribution in [3.05, 3.63) is 29.8 Å². The van der Waals surface area contributed by atoms with Crippen LogP contribution in [0.15, 0.2) is 24.3 Å². The van der Waals surface area contributed by atoms with Crippen molar-refractivity contribution in [2.75, 3.05) is 13.7 Å². The van der Waals surface area contributed by atoms with Crippen LogP contribution in [0, 0.1) is 0 Å². The van der Waals surface area contributed by atoms with Crippen LogP contribution in [0.4, 0.5) is 0 Å². The number of hydrogen-bond donors (Lipinski definition) is 1. The molecule has 78 valence electrons. The summed E-state index contributed by atoms with van der Waals surface area (Å²) in [5.74, 6) is 0.921. The van der Waals surface area contributed by atoms with Crippen molar-refractivity contribution in [3.63, 3.8) is 0 Å². The molecule has 1 N–H and O–H groups in total. The van der Waals surface area contributed by atoms with Crippen LogP contribution >= 0.6 is 0 Å². The second-order valence-corrected chi connectivity index (χ2v) is 3.51. The molecule has 2 nitrogen and oxygen atoms in total. The molecule has 0 amide bonds. The first-order valence-electron chi connectivity index (χ1n) is 5.12. The van der Waals surface area contributed by atoms with E-state index >= 15 is 0 Å². The van der Waals surface area contributed by atoms with E-state index < -0.39 is 0 Å². The Morgan fingerprint density at radius 2 is 1.93 bits per heavy atom. The predicted octanol–water partition coefficient (Wildman–Crippen LogP) is 2.24. The van der Waals surface area contributed by atoms with Crippen molar-refractivity contribution in [1.82, 2.24) is 5.32 Å². The zero-order chi connectivity index (χ0) is 10.4. The Hall–Kier alpha value is -1.02. The molecule has 0 saturated carbocycles. The summed E-state index contributed by atoms with van der Waals surface area (Å²) in [7, 11) is 1.69. The van der Waals surface area contributed by atoms with Gasteiger partial charge in [0.1, 0.15) is 5.75 Å². The minimum Gasteiger partial charge on any atom is -0.497 e. The van der Waals surface area contributed by atoms with Crippen molar-refractivity contribution in [1.29, 1.82) is 0 Å². The topological polar surface area (TPSA) is 21.3 Å². The van der Waals surface area contributed by atoms with Gasteiger partial charge in [0.2, 0.25) is 0 Å². The zero-order valence-electron chi connectivity index (χ0n) is 9.21. The van der Waals surface area contributed by atoms with Gasteiger partial charge in [-0.25, -0.2) is 0 Å². The molecule has 1 atom stereocenters. The second-order valence-electron chi connectivity index (χ2n) is 3.51. The van der Waals surface area contributed by atoms with Crippen molar-refractivity contribution < 1.29 is 4.74 Å². The van der Waals surface area contributed by atoms with Crippen LogP contribution in [-0.4, -0.2) is 19.7 Å². The summed E-state index contributed by atoms with van der Waals surface area (Å²) < 4.78 is 5.11. The van der Waals surface area contributed by atoms with Gasteiger partial charge in [-0.2, -0.15) is 0 Å². The number of benzene rings is 1. The molecule has 0 saturated heterocycles. The van der Waals surface area contributed by atoms with E-state index in [9.17, 15) is 0 Å². The number of likely N-dealkylation sites (N-methyl/N-ethyl adjacent to an activating group) is 1. The molecule has 14 heavy (non-hydrogen) atoms. The lowest BCUT2D eigenvalue weighted by atomic mass is 10.1. The van der Waals surface area contributed by atoms with E-state index in [0.29, 0.717) is 6.04 Å². The molecule has 0 spiro atoms. The first-order chi connectivity index (χ1) is 6.76. The van der Waals surface area contributed by atoms with Crippen molar-refractivity contribution in [3.8, 4) is 5.75 Å². The number of methoxy groups -OCH3 is 1. The van der Waals surface area contributed by atoms with Gasteiger partial charge in [0, 0.05) is 6.04 Å². The number of nitrogens with one attached hydrogen (secondary N) is 1.